The first-order valence-corrected chi connectivity index (χ1v) is 7.17. The van der Waals surface area contributed by atoms with E-state index in [1.54, 1.807) is 18.2 Å². The maximum atomic E-state index is 12.4. The number of nitrogens with two attached hydrogens (primary N) is 1. The first-order chi connectivity index (χ1) is 10.4. The molecule has 0 saturated carbocycles. The van der Waals surface area contributed by atoms with Crippen LogP contribution >= 0.6 is 0 Å². The summed E-state index contributed by atoms with van der Waals surface area (Å²) in [5, 5.41) is 3.17. The van der Waals surface area contributed by atoms with E-state index in [-0.39, 0.29) is 18.6 Å². The fraction of sp³-hybridized carbons (Fsp3) is 0.438. The van der Waals surface area contributed by atoms with Gasteiger partial charge in [-0.3, -0.25) is 0 Å². The summed E-state index contributed by atoms with van der Waals surface area (Å²) in [6.45, 7) is 7.38. The van der Waals surface area contributed by atoms with Gasteiger partial charge in [0.15, 0.2) is 5.58 Å². The normalized spacial score (nSPS) is 12.7. The third-order valence-corrected chi connectivity index (χ3v) is 2.97. The van der Waals surface area contributed by atoms with Crippen molar-refractivity contribution in [2.45, 2.75) is 20.8 Å². The van der Waals surface area contributed by atoms with Crippen molar-refractivity contribution >= 4 is 17.1 Å². The van der Waals surface area contributed by atoms with Gasteiger partial charge < -0.3 is 20.2 Å². The van der Waals surface area contributed by atoms with Gasteiger partial charge in [0.1, 0.15) is 17.9 Å². The number of hydrogen-bond acceptors (Lipinski definition) is 5. The lowest BCUT2D eigenvalue weighted by molar-refractivity contribution is 0.347. The highest BCUT2D eigenvalue weighted by molar-refractivity contribution is 5.76. The average Bonchev–Trinajstić information content (AvgIpc) is 2.87. The lowest BCUT2D eigenvalue weighted by Crippen LogP contribution is -2.19. The molecule has 120 valence electrons. The van der Waals surface area contributed by atoms with Crippen LogP contribution in [0.2, 0.25) is 0 Å². The lowest BCUT2D eigenvalue weighted by atomic mass is 9.97. The van der Waals surface area contributed by atoms with Crippen molar-refractivity contribution in [3.63, 3.8) is 0 Å². The van der Waals surface area contributed by atoms with Gasteiger partial charge in [0, 0.05) is 24.7 Å². The minimum Gasteiger partial charge on any atom is -0.489 e. The lowest BCUT2D eigenvalue weighted by Gasteiger charge is -2.17. The van der Waals surface area contributed by atoms with Crippen molar-refractivity contribution in [1.29, 1.82) is 0 Å². The Kier molecular flexibility index (Phi) is 5.03. The molecule has 0 spiro atoms. The highest BCUT2D eigenvalue weighted by Gasteiger charge is 2.12. The summed E-state index contributed by atoms with van der Waals surface area (Å²) in [5.41, 5.74) is 7.27. The van der Waals surface area contributed by atoms with Gasteiger partial charge in [-0.15, -0.1) is 0 Å². The molecule has 1 aromatic carbocycles. The molecule has 1 heterocycles. The molecule has 5 nitrogen and oxygen atoms in total. The Morgan fingerprint density at radius 2 is 2.23 bits per heavy atom. The molecule has 0 atom stereocenters. The molecular weight excluding hydrogens is 285 g/mol. The number of hydrogen-bond donors (Lipinski definition) is 2. The first-order valence-electron chi connectivity index (χ1n) is 7.17. The Morgan fingerprint density at radius 3 is 2.86 bits per heavy atom. The van der Waals surface area contributed by atoms with Gasteiger partial charge in [0.2, 0.25) is 0 Å². The van der Waals surface area contributed by atoms with E-state index in [9.17, 15) is 4.39 Å². The van der Waals surface area contributed by atoms with Gasteiger partial charge in [0.05, 0.1) is 6.33 Å². The van der Waals surface area contributed by atoms with Crippen LogP contribution in [0.15, 0.2) is 34.5 Å². The second-order valence-electron chi connectivity index (χ2n) is 6.32. The Labute approximate surface area is 129 Å². The number of fused-ring (bicyclic) bond motifs is 1. The molecule has 6 heteroatoms. The number of ether oxygens (including phenoxy) is 1. The van der Waals surface area contributed by atoms with Crippen molar-refractivity contribution < 1.29 is 13.5 Å². The molecule has 0 radical (unpaired) electrons. The molecule has 1 aromatic heterocycles. The van der Waals surface area contributed by atoms with E-state index in [0.717, 1.165) is 12.1 Å². The second kappa shape index (κ2) is 6.79. The molecule has 0 saturated heterocycles. The number of benzene rings is 1. The Balaban J connectivity index is 2.07. The number of oxazole rings is 1. The first kappa shape index (κ1) is 16.3. The van der Waals surface area contributed by atoms with E-state index >= 15 is 0 Å². The summed E-state index contributed by atoms with van der Waals surface area (Å²) in [7, 11) is 0. The topological polar surface area (TPSA) is 73.3 Å². The Hall–Kier alpha value is -2.08. The second-order valence-corrected chi connectivity index (χ2v) is 6.32. The van der Waals surface area contributed by atoms with E-state index < -0.39 is 0 Å². The van der Waals surface area contributed by atoms with Crippen LogP contribution in [0, 0.1) is 5.41 Å². The maximum absolute atomic E-state index is 12.4. The molecule has 22 heavy (non-hydrogen) atoms. The van der Waals surface area contributed by atoms with Crippen LogP contribution in [0.4, 0.5) is 10.4 Å². The average molecular weight is 307 g/mol. The molecule has 0 unspecified atom stereocenters. The van der Waals surface area contributed by atoms with Crippen LogP contribution < -0.4 is 15.8 Å². The zero-order valence-corrected chi connectivity index (χ0v) is 13.1. The molecule has 2 rings (SSSR count). The Bertz CT molecular complexity index is 659. The predicted octanol–water partition coefficient (Wildman–Crippen LogP) is 3.48. The van der Waals surface area contributed by atoms with Gasteiger partial charge in [0.25, 0.3) is 6.01 Å². The van der Waals surface area contributed by atoms with E-state index in [1.165, 1.54) is 0 Å². The number of nitrogens with one attached hydrogen (secondary N) is 1. The zero-order valence-electron chi connectivity index (χ0n) is 13.1. The van der Waals surface area contributed by atoms with E-state index in [1.807, 2.05) is 0 Å². The third kappa shape index (κ3) is 4.46. The smallest absolute Gasteiger partial charge is 0.295 e. The van der Waals surface area contributed by atoms with Gasteiger partial charge in [-0.05, 0) is 17.5 Å². The van der Waals surface area contributed by atoms with Gasteiger partial charge in [-0.1, -0.05) is 20.8 Å². The third-order valence-electron chi connectivity index (χ3n) is 2.97. The summed E-state index contributed by atoms with van der Waals surface area (Å²) in [6, 6.07) is 5.78. The van der Waals surface area contributed by atoms with Gasteiger partial charge in [-0.2, -0.15) is 4.98 Å². The molecule has 0 amide bonds. The van der Waals surface area contributed by atoms with Crippen LogP contribution in [0.3, 0.4) is 0 Å². The van der Waals surface area contributed by atoms with Crippen LogP contribution in [0.5, 0.6) is 5.75 Å². The largest absolute Gasteiger partial charge is 0.489 e. The molecular formula is C16H22FN3O2. The van der Waals surface area contributed by atoms with E-state index in [0.29, 0.717) is 29.3 Å². The monoisotopic (exact) mass is 307 g/mol. The van der Waals surface area contributed by atoms with E-state index in [2.05, 4.69) is 31.1 Å². The summed E-state index contributed by atoms with van der Waals surface area (Å²) < 4.78 is 23.6. The molecule has 3 N–H and O–H groups in total. The fourth-order valence-corrected chi connectivity index (χ4v) is 1.72. The molecule has 0 aliphatic heterocycles. The highest BCUT2D eigenvalue weighted by Crippen LogP contribution is 2.25. The minimum atomic E-state index is 0.113. The SMILES string of the molecule is CC(C)(C)CNc1nc2ccc(OC/C(=C/F)CN)cc2o1. The summed E-state index contributed by atoms with van der Waals surface area (Å²) in [5.74, 6) is 0.582. The Morgan fingerprint density at radius 1 is 1.45 bits per heavy atom. The molecule has 0 bridgehead atoms. The highest BCUT2D eigenvalue weighted by atomic mass is 19.1. The molecule has 0 aliphatic rings. The molecule has 0 aliphatic carbocycles. The van der Waals surface area contributed by atoms with Crippen LogP contribution in [0.25, 0.3) is 11.1 Å². The van der Waals surface area contributed by atoms with Gasteiger partial charge >= 0.3 is 0 Å². The van der Waals surface area contributed by atoms with Crippen LogP contribution in [-0.2, 0) is 0 Å². The van der Waals surface area contributed by atoms with Gasteiger partial charge in [-0.25, -0.2) is 4.39 Å². The summed E-state index contributed by atoms with van der Waals surface area (Å²) in [4.78, 5) is 4.36. The maximum Gasteiger partial charge on any atom is 0.295 e. The van der Waals surface area contributed by atoms with Crippen molar-refractivity contribution in [3.8, 4) is 5.75 Å². The number of aromatic nitrogens is 1. The van der Waals surface area contributed by atoms with Crippen LogP contribution in [0.1, 0.15) is 20.8 Å². The van der Waals surface area contributed by atoms with Crippen molar-refractivity contribution in [3.05, 3.63) is 30.1 Å². The van der Waals surface area contributed by atoms with Crippen molar-refractivity contribution in [2.24, 2.45) is 11.1 Å². The number of anilines is 1. The summed E-state index contributed by atoms with van der Waals surface area (Å²) >= 11 is 0. The molecule has 0 fully saturated rings. The zero-order chi connectivity index (χ0) is 16.2. The van der Waals surface area contributed by atoms with Crippen LogP contribution in [-0.4, -0.2) is 24.7 Å². The molecule has 2 aromatic rings. The minimum absolute atomic E-state index is 0.113. The number of rotatable bonds is 6. The summed E-state index contributed by atoms with van der Waals surface area (Å²) in [6.07, 6.45) is 0.474. The number of halogens is 1. The number of nitrogens with zero attached hydrogens (tertiary/aromatic N) is 1. The van der Waals surface area contributed by atoms with E-state index in [4.69, 9.17) is 14.9 Å². The van der Waals surface area contributed by atoms with Crippen molar-refractivity contribution in [2.75, 3.05) is 25.0 Å². The fourth-order valence-electron chi connectivity index (χ4n) is 1.72. The van der Waals surface area contributed by atoms with Crippen molar-refractivity contribution in [1.82, 2.24) is 4.98 Å². The quantitative estimate of drug-likeness (QED) is 0.854. The predicted molar refractivity (Wildman–Crippen MR) is 85.7 cm³/mol. The standard InChI is InChI=1S/C16H22FN3O2/c1-16(2,3)10-19-15-20-13-5-4-12(6-14(13)22-15)21-9-11(7-17)8-18/h4-7H,8-10,18H2,1-3H3,(H,19,20)/b11-7+.